The number of hydrogen-bond acceptors (Lipinski definition) is 5. The van der Waals surface area contributed by atoms with Crippen molar-refractivity contribution >= 4 is 48.3 Å². The number of fused-ring (bicyclic) bond motifs is 1. The summed E-state index contributed by atoms with van der Waals surface area (Å²) in [6.07, 6.45) is 1.09. The van der Waals surface area contributed by atoms with E-state index in [1.807, 2.05) is 30.3 Å². The highest BCUT2D eigenvalue weighted by Gasteiger charge is 2.22. The van der Waals surface area contributed by atoms with Gasteiger partial charge in [-0.15, -0.1) is 0 Å². The Morgan fingerprint density at radius 2 is 1.84 bits per heavy atom. The van der Waals surface area contributed by atoms with Crippen molar-refractivity contribution in [1.82, 2.24) is 4.98 Å². The van der Waals surface area contributed by atoms with E-state index in [1.54, 1.807) is 25.1 Å². The summed E-state index contributed by atoms with van der Waals surface area (Å²) in [5.41, 5.74) is 2.06. The zero-order chi connectivity index (χ0) is 18.0. The fourth-order valence-corrected chi connectivity index (χ4v) is 4.24. The van der Waals surface area contributed by atoms with Crippen LogP contribution in [-0.2, 0) is 14.8 Å². The molecule has 0 saturated carbocycles. The SMILES string of the molecule is Cc1ccccc1N(CC(=O)Nc1nc2ccccc2s1)S(C)(=O)=O. The molecule has 130 valence electrons. The fraction of sp³-hybridized carbons (Fsp3) is 0.176. The number of carbonyl (C=O) groups is 1. The van der Waals surface area contributed by atoms with Crippen molar-refractivity contribution < 1.29 is 13.2 Å². The second-order valence-corrected chi connectivity index (χ2v) is 8.53. The van der Waals surface area contributed by atoms with Crippen molar-refractivity contribution in [2.75, 3.05) is 22.4 Å². The predicted octanol–water partition coefficient (Wildman–Crippen LogP) is 3.01. The van der Waals surface area contributed by atoms with Crippen LogP contribution >= 0.6 is 11.3 Å². The Kier molecular flexibility index (Phi) is 4.73. The number of anilines is 2. The van der Waals surface area contributed by atoms with Gasteiger partial charge in [0.1, 0.15) is 6.54 Å². The number of amides is 1. The van der Waals surface area contributed by atoms with Gasteiger partial charge in [0.15, 0.2) is 5.13 Å². The molecule has 0 saturated heterocycles. The van der Waals surface area contributed by atoms with Gasteiger partial charge in [0, 0.05) is 0 Å². The van der Waals surface area contributed by atoms with E-state index < -0.39 is 15.9 Å². The predicted molar refractivity (Wildman–Crippen MR) is 102 cm³/mol. The maximum absolute atomic E-state index is 12.4. The Morgan fingerprint density at radius 3 is 2.52 bits per heavy atom. The number of aromatic nitrogens is 1. The molecule has 1 N–H and O–H groups in total. The molecule has 0 aliphatic rings. The zero-order valence-electron chi connectivity index (χ0n) is 13.8. The summed E-state index contributed by atoms with van der Waals surface area (Å²) in [5, 5.41) is 3.13. The first-order valence-corrected chi connectivity index (χ1v) is 10.2. The summed E-state index contributed by atoms with van der Waals surface area (Å²) < 4.78 is 26.3. The van der Waals surface area contributed by atoms with Crippen molar-refractivity contribution in [1.29, 1.82) is 0 Å². The summed E-state index contributed by atoms with van der Waals surface area (Å²) in [7, 11) is -3.60. The van der Waals surface area contributed by atoms with E-state index >= 15 is 0 Å². The van der Waals surface area contributed by atoms with Gasteiger partial charge in [-0.1, -0.05) is 41.7 Å². The van der Waals surface area contributed by atoms with Gasteiger partial charge < -0.3 is 5.32 Å². The lowest BCUT2D eigenvalue weighted by Gasteiger charge is -2.23. The summed E-state index contributed by atoms with van der Waals surface area (Å²) in [6, 6.07) is 14.6. The molecule has 3 aromatic rings. The second kappa shape index (κ2) is 6.81. The number of nitrogens with one attached hydrogen (secondary N) is 1. The van der Waals surface area contributed by atoms with Crippen LogP contribution in [0.3, 0.4) is 0 Å². The summed E-state index contributed by atoms with van der Waals surface area (Å²) >= 11 is 1.35. The standard InChI is InChI=1S/C17H17N3O3S2/c1-12-7-3-5-9-14(12)20(25(2,22)23)11-16(21)19-17-18-13-8-4-6-10-15(13)24-17/h3-10H,11H2,1-2H3,(H,18,19,21). The third-order valence-corrected chi connectivity index (χ3v) is 5.69. The maximum Gasteiger partial charge on any atom is 0.246 e. The topological polar surface area (TPSA) is 79.4 Å². The molecule has 0 aliphatic carbocycles. The molecular weight excluding hydrogens is 358 g/mol. The third kappa shape index (κ3) is 3.97. The Morgan fingerprint density at radius 1 is 1.16 bits per heavy atom. The van der Waals surface area contributed by atoms with Crippen LogP contribution in [0.2, 0.25) is 0 Å². The highest BCUT2D eigenvalue weighted by atomic mass is 32.2. The largest absolute Gasteiger partial charge is 0.300 e. The summed E-state index contributed by atoms with van der Waals surface area (Å²) in [5.74, 6) is -0.437. The molecule has 1 heterocycles. The van der Waals surface area contributed by atoms with E-state index in [1.165, 1.54) is 11.3 Å². The monoisotopic (exact) mass is 375 g/mol. The molecule has 0 bridgehead atoms. The molecule has 25 heavy (non-hydrogen) atoms. The quantitative estimate of drug-likeness (QED) is 0.743. The molecule has 0 unspecified atom stereocenters. The number of nitrogens with zero attached hydrogens (tertiary/aromatic N) is 2. The first-order chi connectivity index (χ1) is 11.8. The van der Waals surface area contributed by atoms with Crippen LogP contribution in [0.4, 0.5) is 10.8 Å². The first-order valence-electron chi connectivity index (χ1n) is 7.53. The minimum absolute atomic E-state index is 0.306. The molecule has 0 fully saturated rings. The number of carbonyl (C=O) groups excluding carboxylic acids is 1. The molecular formula is C17H17N3O3S2. The van der Waals surface area contributed by atoms with E-state index in [0.29, 0.717) is 10.8 Å². The van der Waals surface area contributed by atoms with E-state index in [4.69, 9.17) is 0 Å². The molecule has 2 aromatic carbocycles. The molecule has 0 radical (unpaired) electrons. The van der Waals surface area contributed by atoms with Crippen LogP contribution in [0.1, 0.15) is 5.56 Å². The zero-order valence-corrected chi connectivity index (χ0v) is 15.4. The van der Waals surface area contributed by atoms with Crippen molar-refractivity contribution in [3.63, 3.8) is 0 Å². The van der Waals surface area contributed by atoms with Crippen molar-refractivity contribution in [2.45, 2.75) is 6.92 Å². The van der Waals surface area contributed by atoms with Gasteiger partial charge in [-0.25, -0.2) is 13.4 Å². The number of rotatable bonds is 5. The van der Waals surface area contributed by atoms with E-state index in [9.17, 15) is 13.2 Å². The van der Waals surface area contributed by atoms with E-state index in [-0.39, 0.29) is 6.54 Å². The van der Waals surface area contributed by atoms with E-state index in [0.717, 1.165) is 26.3 Å². The lowest BCUT2D eigenvalue weighted by atomic mass is 10.2. The number of sulfonamides is 1. The number of hydrogen-bond donors (Lipinski definition) is 1. The van der Waals surface area contributed by atoms with Gasteiger partial charge >= 0.3 is 0 Å². The fourth-order valence-electron chi connectivity index (χ4n) is 2.44. The molecule has 0 aliphatic heterocycles. The smallest absolute Gasteiger partial charge is 0.246 e. The van der Waals surface area contributed by atoms with Crippen LogP contribution in [0.15, 0.2) is 48.5 Å². The van der Waals surface area contributed by atoms with Gasteiger partial charge in [0.25, 0.3) is 0 Å². The Hall–Kier alpha value is -2.45. The number of thiazole rings is 1. The molecule has 0 spiro atoms. The Balaban J connectivity index is 1.82. The highest BCUT2D eigenvalue weighted by molar-refractivity contribution is 7.92. The van der Waals surface area contributed by atoms with Crippen LogP contribution in [-0.4, -0.2) is 32.1 Å². The highest BCUT2D eigenvalue weighted by Crippen LogP contribution is 2.26. The Labute approximate surface area is 150 Å². The number of para-hydroxylation sites is 2. The average molecular weight is 375 g/mol. The van der Waals surface area contributed by atoms with Gasteiger partial charge in [-0.2, -0.15) is 0 Å². The number of benzene rings is 2. The molecule has 6 nitrogen and oxygen atoms in total. The Bertz CT molecular complexity index is 995. The molecule has 1 aromatic heterocycles. The van der Waals surface area contributed by atoms with Gasteiger partial charge in [-0.3, -0.25) is 9.10 Å². The van der Waals surface area contributed by atoms with Gasteiger partial charge in [0.2, 0.25) is 15.9 Å². The molecule has 3 rings (SSSR count). The molecule has 0 atom stereocenters. The van der Waals surface area contributed by atoms with Crippen LogP contribution < -0.4 is 9.62 Å². The van der Waals surface area contributed by atoms with Crippen LogP contribution in [0, 0.1) is 6.92 Å². The van der Waals surface area contributed by atoms with E-state index in [2.05, 4.69) is 10.3 Å². The first kappa shape index (κ1) is 17.4. The third-order valence-electron chi connectivity index (χ3n) is 3.61. The van der Waals surface area contributed by atoms with Crippen LogP contribution in [0.5, 0.6) is 0 Å². The minimum atomic E-state index is -3.60. The average Bonchev–Trinajstić information content (AvgIpc) is 2.94. The summed E-state index contributed by atoms with van der Waals surface area (Å²) in [6.45, 7) is 1.50. The maximum atomic E-state index is 12.4. The van der Waals surface area contributed by atoms with Crippen molar-refractivity contribution in [3.8, 4) is 0 Å². The minimum Gasteiger partial charge on any atom is -0.300 e. The van der Waals surface area contributed by atoms with Gasteiger partial charge in [-0.05, 0) is 30.7 Å². The molecule has 1 amide bonds. The van der Waals surface area contributed by atoms with Crippen LogP contribution in [0.25, 0.3) is 10.2 Å². The second-order valence-electron chi connectivity index (χ2n) is 5.59. The van der Waals surface area contributed by atoms with Crippen molar-refractivity contribution in [3.05, 3.63) is 54.1 Å². The normalized spacial score (nSPS) is 11.4. The van der Waals surface area contributed by atoms with Crippen molar-refractivity contribution in [2.24, 2.45) is 0 Å². The van der Waals surface area contributed by atoms with Gasteiger partial charge in [0.05, 0.1) is 22.2 Å². The molecule has 8 heteroatoms. The lowest BCUT2D eigenvalue weighted by Crippen LogP contribution is -2.37. The lowest BCUT2D eigenvalue weighted by molar-refractivity contribution is -0.114. The summed E-state index contributed by atoms with van der Waals surface area (Å²) in [4.78, 5) is 16.7. The number of aryl methyl sites for hydroxylation is 1.